The number of carbonyl (C=O) groups is 2. The molecular weight excluding hydrogens is 435 g/mol. The molecule has 0 saturated carbocycles. The van der Waals surface area contributed by atoms with Crippen LogP contribution >= 0.6 is 23.1 Å². The number of carbonyl (C=O) groups excluding carboxylic acids is 2. The van der Waals surface area contributed by atoms with Gasteiger partial charge in [0.2, 0.25) is 5.82 Å². The van der Waals surface area contributed by atoms with E-state index in [9.17, 15) is 14.0 Å². The molecule has 3 aromatic heterocycles. The average molecular weight is 451 g/mol. The average Bonchev–Trinajstić information content (AvgIpc) is 3.39. The number of ketones is 1. The lowest BCUT2D eigenvalue weighted by molar-refractivity contribution is 0.101. The van der Waals surface area contributed by atoms with E-state index in [0.29, 0.717) is 16.9 Å². The predicted molar refractivity (Wildman–Crippen MR) is 119 cm³/mol. The summed E-state index contributed by atoms with van der Waals surface area (Å²) >= 11 is 3.13. The number of amides is 1. The molecule has 6 nitrogen and oxygen atoms in total. The predicted octanol–water partition coefficient (Wildman–Crippen LogP) is 4.51. The van der Waals surface area contributed by atoms with Gasteiger partial charge in [-0.05, 0) is 55.5 Å². The van der Waals surface area contributed by atoms with Gasteiger partial charge in [-0.2, -0.15) is 0 Å². The molecule has 0 spiro atoms. The Balaban J connectivity index is 1.62. The lowest BCUT2D eigenvalue weighted by Gasteiger charge is -2.04. The van der Waals surface area contributed by atoms with Crippen LogP contribution in [0, 0.1) is 17.7 Å². The van der Waals surface area contributed by atoms with Crippen molar-refractivity contribution in [2.45, 2.75) is 11.1 Å². The van der Waals surface area contributed by atoms with Crippen LogP contribution in [0.3, 0.4) is 0 Å². The van der Waals surface area contributed by atoms with Gasteiger partial charge in [0.25, 0.3) is 5.91 Å². The zero-order valence-corrected chi connectivity index (χ0v) is 18.1. The Bertz CT molecular complexity index is 1380. The number of hydrogen-bond donors (Lipinski definition) is 1. The van der Waals surface area contributed by atoms with Gasteiger partial charge in [-0.3, -0.25) is 14.0 Å². The Morgan fingerprint density at radius 3 is 2.68 bits per heavy atom. The highest BCUT2D eigenvalue weighted by molar-refractivity contribution is 8.00. The van der Waals surface area contributed by atoms with Crippen molar-refractivity contribution in [1.29, 1.82) is 0 Å². The number of hydrogen-bond acceptors (Lipinski definition) is 6. The minimum atomic E-state index is -0.553. The third-order valence-corrected chi connectivity index (χ3v) is 6.41. The highest BCUT2D eigenvalue weighted by Gasteiger charge is 2.11. The minimum Gasteiger partial charge on any atom is -0.321 e. The summed E-state index contributed by atoms with van der Waals surface area (Å²) in [4.78, 5) is 24.2. The molecule has 0 aliphatic heterocycles. The number of Topliss-reactive ketones (excluding diaryl/α,β-unsaturated/α-hetero) is 1. The zero-order valence-electron chi connectivity index (χ0n) is 16.5. The molecule has 0 saturated heterocycles. The van der Waals surface area contributed by atoms with E-state index in [2.05, 4.69) is 27.4 Å². The Hall–Kier alpha value is -3.48. The fraction of sp³-hybridized carbons (Fsp3) is 0.0909. The first-order valence-electron chi connectivity index (χ1n) is 9.06. The second-order valence-corrected chi connectivity index (χ2v) is 8.50. The molecule has 0 fully saturated rings. The van der Waals surface area contributed by atoms with Crippen LogP contribution in [-0.2, 0) is 0 Å². The maximum absolute atomic E-state index is 14.3. The van der Waals surface area contributed by atoms with Crippen LogP contribution in [0.1, 0.15) is 39.0 Å². The summed E-state index contributed by atoms with van der Waals surface area (Å²) in [7, 11) is 0. The molecule has 1 amide bonds. The van der Waals surface area contributed by atoms with Gasteiger partial charge >= 0.3 is 0 Å². The number of rotatable bonds is 4. The first-order chi connectivity index (χ1) is 14.9. The molecule has 154 valence electrons. The standard InChI is InChI=1S/C22H15FN4O2S2/c1-13(28)16-5-8-20-26-25-19(27(20)11-16)7-4-14-9-15(3-6-18(14)23)22(29)24-17-10-21(30-2)31-12-17/h3,5-6,8-12H,1-2H3,(H,24,29). The summed E-state index contributed by atoms with van der Waals surface area (Å²) in [6, 6.07) is 9.19. The first kappa shape index (κ1) is 20.8. The fourth-order valence-electron chi connectivity index (χ4n) is 2.76. The maximum atomic E-state index is 14.3. The number of nitrogens with one attached hydrogen (secondary N) is 1. The van der Waals surface area contributed by atoms with E-state index in [-0.39, 0.29) is 28.6 Å². The van der Waals surface area contributed by atoms with Crippen LogP contribution in [0.5, 0.6) is 0 Å². The van der Waals surface area contributed by atoms with Crippen LogP contribution in [0.15, 0.2) is 52.2 Å². The Kier molecular flexibility index (Phi) is 5.84. The molecule has 4 rings (SSSR count). The van der Waals surface area contributed by atoms with E-state index in [1.54, 1.807) is 34.5 Å². The van der Waals surface area contributed by atoms with Crippen LogP contribution in [-0.4, -0.2) is 32.5 Å². The van der Waals surface area contributed by atoms with E-state index in [1.165, 1.54) is 36.5 Å². The van der Waals surface area contributed by atoms with Crippen molar-refractivity contribution in [3.8, 4) is 11.8 Å². The normalized spacial score (nSPS) is 10.5. The number of aromatic nitrogens is 3. The summed E-state index contributed by atoms with van der Waals surface area (Å²) in [5, 5.41) is 12.6. The van der Waals surface area contributed by atoms with Crippen molar-refractivity contribution < 1.29 is 14.0 Å². The van der Waals surface area contributed by atoms with Gasteiger partial charge in [0.15, 0.2) is 11.4 Å². The Morgan fingerprint density at radius 1 is 1.13 bits per heavy atom. The van der Waals surface area contributed by atoms with Gasteiger partial charge < -0.3 is 5.32 Å². The zero-order chi connectivity index (χ0) is 22.0. The highest BCUT2D eigenvalue weighted by atomic mass is 32.2. The molecular formula is C22H15FN4O2S2. The molecule has 0 aliphatic carbocycles. The monoisotopic (exact) mass is 450 g/mol. The van der Waals surface area contributed by atoms with Gasteiger partial charge in [-0.25, -0.2) is 4.39 Å². The molecule has 9 heteroatoms. The quantitative estimate of drug-likeness (QED) is 0.281. The number of fused-ring (bicyclic) bond motifs is 1. The summed E-state index contributed by atoms with van der Waals surface area (Å²) in [6.45, 7) is 1.46. The van der Waals surface area contributed by atoms with Gasteiger partial charge in [0.1, 0.15) is 5.82 Å². The molecule has 4 aromatic rings. The molecule has 1 aromatic carbocycles. The second kappa shape index (κ2) is 8.71. The van der Waals surface area contributed by atoms with Crippen LogP contribution in [0.2, 0.25) is 0 Å². The largest absolute Gasteiger partial charge is 0.321 e. The second-order valence-electron chi connectivity index (χ2n) is 6.48. The number of anilines is 1. The summed E-state index contributed by atoms with van der Waals surface area (Å²) in [6.07, 6.45) is 3.55. The van der Waals surface area contributed by atoms with Crippen LogP contribution in [0.25, 0.3) is 5.65 Å². The molecule has 1 N–H and O–H groups in total. The SMILES string of the molecule is CSc1cc(NC(=O)c2ccc(F)c(C#Cc3nnc4ccc(C(C)=O)cn34)c2)cs1. The van der Waals surface area contributed by atoms with Crippen molar-refractivity contribution in [3.05, 3.63) is 76.3 Å². The molecule has 0 bridgehead atoms. The molecule has 0 unspecified atom stereocenters. The lowest BCUT2D eigenvalue weighted by atomic mass is 10.1. The summed E-state index contributed by atoms with van der Waals surface area (Å²) in [5.74, 6) is 4.74. The smallest absolute Gasteiger partial charge is 0.255 e. The topological polar surface area (TPSA) is 76.4 Å². The summed E-state index contributed by atoms with van der Waals surface area (Å²) < 4.78 is 16.9. The lowest BCUT2D eigenvalue weighted by Crippen LogP contribution is -2.11. The Labute approximate surface area is 185 Å². The number of thiophene rings is 1. The van der Waals surface area contributed by atoms with E-state index >= 15 is 0 Å². The van der Waals surface area contributed by atoms with Gasteiger partial charge in [-0.15, -0.1) is 33.3 Å². The third kappa shape index (κ3) is 4.50. The van der Waals surface area contributed by atoms with Gasteiger partial charge in [0.05, 0.1) is 15.5 Å². The van der Waals surface area contributed by atoms with Crippen molar-refractivity contribution in [2.75, 3.05) is 11.6 Å². The van der Waals surface area contributed by atoms with Crippen molar-refractivity contribution in [1.82, 2.24) is 14.6 Å². The number of nitrogens with zero attached hydrogens (tertiary/aromatic N) is 3. The molecule has 0 aliphatic rings. The fourth-order valence-corrected chi connectivity index (χ4v) is 4.10. The van der Waals surface area contributed by atoms with Crippen molar-refractivity contribution >= 4 is 46.1 Å². The first-order valence-corrected chi connectivity index (χ1v) is 11.2. The van der Waals surface area contributed by atoms with Gasteiger partial charge in [-0.1, -0.05) is 5.92 Å². The molecule has 31 heavy (non-hydrogen) atoms. The third-order valence-electron chi connectivity index (χ3n) is 4.38. The number of benzene rings is 1. The highest BCUT2D eigenvalue weighted by Crippen LogP contribution is 2.27. The molecule has 0 radical (unpaired) electrons. The van der Waals surface area contributed by atoms with E-state index < -0.39 is 5.82 Å². The van der Waals surface area contributed by atoms with Crippen LogP contribution < -0.4 is 5.32 Å². The van der Waals surface area contributed by atoms with Crippen molar-refractivity contribution in [3.63, 3.8) is 0 Å². The number of pyridine rings is 1. The molecule has 3 heterocycles. The number of thioether (sulfide) groups is 1. The summed E-state index contributed by atoms with van der Waals surface area (Å²) in [5.41, 5.74) is 2.03. The van der Waals surface area contributed by atoms with E-state index in [0.717, 1.165) is 4.21 Å². The Morgan fingerprint density at radius 2 is 1.94 bits per heavy atom. The minimum absolute atomic E-state index is 0.0576. The van der Waals surface area contributed by atoms with Gasteiger partial charge in [0, 0.05) is 22.7 Å². The van der Waals surface area contributed by atoms with Crippen LogP contribution in [0.4, 0.5) is 10.1 Å². The van der Waals surface area contributed by atoms with Crippen molar-refractivity contribution in [2.24, 2.45) is 0 Å². The van der Waals surface area contributed by atoms with E-state index in [4.69, 9.17) is 0 Å². The number of halogens is 1. The van der Waals surface area contributed by atoms with E-state index in [1.807, 2.05) is 17.7 Å². The maximum Gasteiger partial charge on any atom is 0.255 e. The molecule has 0 atom stereocenters.